The number of ether oxygens (including phenoxy) is 1. The molecule has 0 N–H and O–H groups in total. The quantitative estimate of drug-likeness (QED) is 0.486. The number of rotatable bonds is 4. The van der Waals surface area contributed by atoms with Crippen LogP contribution in [0.1, 0.15) is 26.6 Å². The molecule has 0 bridgehead atoms. The Labute approximate surface area is 110 Å². The third kappa shape index (κ3) is 4.39. The van der Waals surface area contributed by atoms with Gasteiger partial charge in [0.05, 0.1) is 6.61 Å². The second-order valence-corrected chi connectivity index (χ2v) is 6.37. The van der Waals surface area contributed by atoms with Gasteiger partial charge in [-0.1, -0.05) is 20.8 Å². The van der Waals surface area contributed by atoms with Crippen LogP contribution in [0.25, 0.3) is 0 Å². The van der Waals surface area contributed by atoms with Crippen molar-refractivity contribution < 1.29 is 4.74 Å². The van der Waals surface area contributed by atoms with Crippen molar-refractivity contribution in [3.8, 4) is 0 Å². The number of aromatic nitrogens is 2. The van der Waals surface area contributed by atoms with E-state index in [9.17, 15) is 0 Å². The average Bonchev–Trinajstić information content (AvgIpc) is 2.16. The summed E-state index contributed by atoms with van der Waals surface area (Å²) in [5.41, 5.74) is -0.0274. The van der Waals surface area contributed by atoms with Gasteiger partial charge in [-0.2, -0.15) is 0 Å². The Kier molecular flexibility index (Phi) is 5.21. The molecule has 0 atom stereocenters. The molecular weight excluding hydrogens is 288 g/mol. The van der Waals surface area contributed by atoms with Gasteiger partial charge in [-0.15, -0.1) is 11.8 Å². The van der Waals surface area contributed by atoms with E-state index in [2.05, 4.69) is 46.7 Å². The molecule has 1 aromatic rings. The SMILES string of the molecule is COCCSc1cc(Br)nc(C(C)(C)C)n1. The summed E-state index contributed by atoms with van der Waals surface area (Å²) in [6, 6.07) is 1.94. The standard InChI is InChI=1S/C11H17BrN2OS/c1-11(2,3)10-13-8(12)7-9(14-10)16-6-5-15-4/h7H,5-6H2,1-4H3. The van der Waals surface area contributed by atoms with Crippen molar-refractivity contribution in [3.63, 3.8) is 0 Å². The van der Waals surface area contributed by atoms with Gasteiger partial charge in [0.25, 0.3) is 0 Å². The summed E-state index contributed by atoms with van der Waals surface area (Å²) in [6.07, 6.45) is 0. The maximum atomic E-state index is 5.02. The largest absolute Gasteiger partial charge is 0.384 e. The monoisotopic (exact) mass is 304 g/mol. The van der Waals surface area contributed by atoms with Gasteiger partial charge < -0.3 is 4.74 Å². The number of hydrogen-bond acceptors (Lipinski definition) is 4. The van der Waals surface area contributed by atoms with Crippen LogP contribution in [0.15, 0.2) is 15.7 Å². The van der Waals surface area contributed by atoms with Crippen LogP contribution in [-0.4, -0.2) is 29.4 Å². The molecule has 90 valence electrons. The molecule has 1 aromatic heterocycles. The normalized spacial score (nSPS) is 11.8. The van der Waals surface area contributed by atoms with Crippen molar-refractivity contribution in [3.05, 3.63) is 16.5 Å². The molecule has 0 aliphatic heterocycles. The first-order chi connectivity index (χ1) is 7.43. The van der Waals surface area contributed by atoms with E-state index < -0.39 is 0 Å². The van der Waals surface area contributed by atoms with Crippen LogP contribution in [0.5, 0.6) is 0 Å². The van der Waals surface area contributed by atoms with Gasteiger partial charge >= 0.3 is 0 Å². The third-order valence-corrected chi connectivity index (χ3v) is 3.16. The minimum Gasteiger partial charge on any atom is -0.384 e. The molecule has 0 saturated carbocycles. The highest BCUT2D eigenvalue weighted by Crippen LogP contribution is 2.24. The molecule has 0 fully saturated rings. The molecule has 0 aliphatic rings. The highest BCUT2D eigenvalue weighted by atomic mass is 79.9. The number of nitrogens with zero attached hydrogens (tertiary/aromatic N) is 2. The van der Waals surface area contributed by atoms with Crippen molar-refractivity contribution in [2.75, 3.05) is 19.5 Å². The lowest BCUT2D eigenvalue weighted by atomic mass is 9.96. The second-order valence-electron chi connectivity index (χ2n) is 4.44. The summed E-state index contributed by atoms with van der Waals surface area (Å²) in [4.78, 5) is 8.94. The lowest BCUT2D eigenvalue weighted by Gasteiger charge is -2.17. The fourth-order valence-electron chi connectivity index (χ4n) is 1.04. The van der Waals surface area contributed by atoms with E-state index in [1.165, 1.54) is 0 Å². The summed E-state index contributed by atoms with van der Waals surface area (Å²) in [6.45, 7) is 7.06. The predicted molar refractivity (Wildman–Crippen MR) is 71.0 cm³/mol. The maximum Gasteiger partial charge on any atom is 0.136 e. The molecule has 0 unspecified atom stereocenters. The van der Waals surface area contributed by atoms with Gasteiger partial charge in [0.15, 0.2) is 0 Å². The van der Waals surface area contributed by atoms with Crippen LogP contribution >= 0.6 is 27.7 Å². The molecule has 0 aliphatic carbocycles. The fourth-order valence-corrected chi connectivity index (χ4v) is 2.38. The minimum atomic E-state index is -0.0274. The molecule has 16 heavy (non-hydrogen) atoms. The summed E-state index contributed by atoms with van der Waals surface area (Å²) in [5, 5.41) is 0.990. The Bertz CT molecular complexity index is 352. The molecule has 1 heterocycles. The van der Waals surface area contributed by atoms with Crippen LogP contribution in [0.2, 0.25) is 0 Å². The first-order valence-electron chi connectivity index (χ1n) is 5.10. The highest BCUT2D eigenvalue weighted by Gasteiger charge is 2.18. The molecule has 3 nitrogen and oxygen atoms in total. The Morgan fingerprint density at radius 1 is 1.38 bits per heavy atom. The van der Waals surface area contributed by atoms with Crippen molar-refractivity contribution in [1.82, 2.24) is 9.97 Å². The Balaban J connectivity index is 2.82. The van der Waals surface area contributed by atoms with Crippen LogP contribution in [0.3, 0.4) is 0 Å². The van der Waals surface area contributed by atoms with E-state index in [1.807, 2.05) is 6.07 Å². The van der Waals surface area contributed by atoms with E-state index in [-0.39, 0.29) is 5.41 Å². The van der Waals surface area contributed by atoms with Crippen molar-refractivity contribution >= 4 is 27.7 Å². The van der Waals surface area contributed by atoms with Crippen molar-refractivity contribution in [2.24, 2.45) is 0 Å². The topological polar surface area (TPSA) is 35.0 Å². The zero-order valence-corrected chi connectivity index (χ0v) is 12.5. The molecular formula is C11H17BrN2OS. The second kappa shape index (κ2) is 5.98. The van der Waals surface area contributed by atoms with Crippen LogP contribution in [0.4, 0.5) is 0 Å². The van der Waals surface area contributed by atoms with E-state index >= 15 is 0 Å². The highest BCUT2D eigenvalue weighted by molar-refractivity contribution is 9.10. The molecule has 0 saturated heterocycles. The number of hydrogen-bond donors (Lipinski definition) is 0. The molecule has 0 amide bonds. The zero-order valence-electron chi connectivity index (χ0n) is 10.1. The summed E-state index contributed by atoms with van der Waals surface area (Å²) in [7, 11) is 1.71. The first-order valence-corrected chi connectivity index (χ1v) is 6.88. The van der Waals surface area contributed by atoms with Gasteiger partial charge in [0, 0.05) is 24.3 Å². The van der Waals surface area contributed by atoms with Gasteiger partial charge in [-0.3, -0.25) is 0 Å². The van der Waals surface area contributed by atoms with Crippen LogP contribution in [0, 0.1) is 0 Å². The Morgan fingerprint density at radius 2 is 2.06 bits per heavy atom. The van der Waals surface area contributed by atoms with Gasteiger partial charge in [-0.25, -0.2) is 9.97 Å². The van der Waals surface area contributed by atoms with E-state index in [0.29, 0.717) is 0 Å². The van der Waals surface area contributed by atoms with E-state index in [0.717, 1.165) is 27.8 Å². The summed E-state index contributed by atoms with van der Waals surface area (Å²) in [5.74, 6) is 1.77. The average molecular weight is 305 g/mol. The summed E-state index contributed by atoms with van der Waals surface area (Å²) >= 11 is 5.10. The lowest BCUT2D eigenvalue weighted by molar-refractivity contribution is 0.218. The van der Waals surface area contributed by atoms with Gasteiger partial charge in [-0.05, 0) is 15.9 Å². The Morgan fingerprint density at radius 3 is 2.62 bits per heavy atom. The van der Waals surface area contributed by atoms with E-state index in [1.54, 1.807) is 18.9 Å². The number of thioether (sulfide) groups is 1. The molecule has 5 heteroatoms. The maximum absolute atomic E-state index is 5.02. The summed E-state index contributed by atoms with van der Waals surface area (Å²) < 4.78 is 5.86. The molecule has 0 aromatic carbocycles. The zero-order chi connectivity index (χ0) is 12.2. The molecule has 1 rings (SSSR count). The smallest absolute Gasteiger partial charge is 0.136 e. The van der Waals surface area contributed by atoms with Gasteiger partial charge in [0.2, 0.25) is 0 Å². The molecule has 0 spiro atoms. The lowest BCUT2D eigenvalue weighted by Crippen LogP contribution is -2.16. The minimum absolute atomic E-state index is 0.0274. The number of halogens is 1. The number of methoxy groups -OCH3 is 1. The van der Waals surface area contributed by atoms with Gasteiger partial charge in [0.1, 0.15) is 15.5 Å². The fraction of sp³-hybridized carbons (Fsp3) is 0.636. The molecule has 0 radical (unpaired) electrons. The first kappa shape index (κ1) is 13.9. The van der Waals surface area contributed by atoms with Crippen LogP contribution < -0.4 is 0 Å². The Hall–Kier alpha value is -0.130. The van der Waals surface area contributed by atoms with Crippen molar-refractivity contribution in [1.29, 1.82) is 0 Å². The third-order valence-electron chi connectivity index (χ3n) is 1.88. The van der Waals surface area contributed by atoms with Crippen molar-refractivity contribution in [2.45, 2.75) is 31.2 Å². The predicted octanol–water partition coefficient (Wildman–Crippen LogP) is 3.28. The van der Waals surface area contributed by atoms with E-state index in [4.69, 9.17) is 4.74 Å². The van der Waals surface area contributed by atoms with Crippen LogP contribution in [-0.2, 0) is 10.2 Å².